The lowest BCUT2D eigenvalue weighted by Crippen LogP contribution is -2.52. The van der Waals surface area contributed by atoms with E-state index in [2.05, 4.69) is 5.32 Å². The van der Waals surface area contributed by atoms with E-state index in [1.807, 2.05) is 13.8 Å². The van der Waals surface area contributed by atoms with Gasteiger partial charge in [-0.05, 0) is 43.7 Å². The standard InChI is InChI=1S/C21H27N3O4/c1-14(2)12-17(21(28)23-10-6-3-7-11-23)22-18(25)13-24-19(26)15-8-4-5-9-16(15)20(24)27/h4-5,8-9,14,17H,3,6-7,10-13H2,1-2H3,(H,22,25)/t17-/m1/s1. The maximum atomic E-state index is 12.9. The minimum atomic E-state index is -0.638. The predicted molar refractivity (Wildman–Crippen MR) is 104 cm³/mol. The first-order valence-corrected chi connectivity index (χ1v) is 9.92. The lowest BCUT2D eigenvalue weighted by atomic mass is 10.0. The number of likely N-dealkylation sites (tertiary alicyclic amines) is 1. The van der Waals surface area contributed by atoms with Gasteiger partial charge in [0.05, 0.1) is 11.1 Å². The molecular formula is C21H27N3O4. The monoisotopic (exact) mass is 385 g/mol. The van der Waals surface area contributed by atoms with Crippen LogP contribution in [0.2, 0.25) is 0 Å². The van der Waals surface area contributed by atoms with Crippen LogP contribution in [0.15, 0.2) is 24.3 Å². The fourth-order valence-corrected chi connectivity index (χ4v) is 3.79. The Bertz CT molecular complexity index is 749. The van der Waals surface area contributed by atoms with E-state index in [-0.39, 0.29) is 18.4 Å². The summed E-state index contributed by atoms with van der Waals surface area (Å²) in [7, 11) is 0. The van der Waals surface area contributed by atoms with Gasteiger partial charge in [0.1, 0.15) is 12.6 Å². The largest absolute Gasteiger partial charge is 0.343 e. The molecule has 1 saturated heterocycles. The van der Waals surface area contributed by atoms with Crippen LogP contribution >= 0.6 is 0 Å². The van der Waals surface area contributed by atoms with Crippen LogP contribution in [0.4, 0.5) is 0 Å². The molecule has 0 aromatic heterocycles. The summed E-state index contributed by atoms with van der Waals surface area (Å²) >= 11 is 0. The topological polar surface area (TPSA) is 86.8 Å². The molecular weight excluding hydrogens is 358 g/mol. The van der Waals surface area contributed by atoms with Gasteiger partial charge in [0.25, 0.3) is 11.8 Å². The summed E-state index contributed by atoms with van der Waals surface area (Å²) in [4.78, 5) is 53.1. The number of benzene rings is 1. The van der Waals surface area contributed by atoms with Gasteiger partial charge in [-0.15, -0.1) is 0 Å². The smallest absolute Gasteiger partial charge is 0.262 e. The zero-order chi connectivity index (χ0) is 20.3. The maximum absolute atomic E-state index is 12.9. The van der Waals surface area contributed by atoms with E-state index in [9.17, 15) is 19.2 Å². The summed E-state index contributed by atoms with van der Waals surface area (Å²) in [5.74, 6) is -1.30. The third-order valence-electron chi connectivity index (χ3n) is 5.19. The lowest BCUT2D eigenvalue weighted by molar-refractivity contribution is -0.137. The molecule has 1 aromatic rings. The molecule has 0 radical (unpaired) electrons. The Hall–Kier alpha value is -2.70. The molecule has 0 bridgehead atoms. The second kappa shape index (κ2) is 8.54. The van der Waals surface area contributed by atoms with Crippen molar-refractivity contribution in [3.63, 3.8) is 0 Å². The van der Waals surface area contributed by atoms with Gasteiger partial charge in [0.2, 0.25) is 11.8 Å². The fraction of sp³-hybridized carbons (Fsp3) is 0.524. The molecule has 2 heterocycles. The number of carbonyl (C=O) groups is 4. The third-order valence-corrected chi connectivity index (χ3v) is 5.19. The molecule has 4 amide bonds. The first-order valence-electron chi connectivity index (χ1n) is 9.92. The first-order chi connectivity index (χ1) is 13.4. The molecule has 7 heteroatoms. The highest BCUT2D eigenvalue weighted by Gasteiger charge is 2.37. The quantitative estimate of drug-likeness (QED) is 0.757. The number of hydrogen-bond acceptors (Lipinski definition) is 4. The molecule has 1 N–H and O–H groups in total. The van der Waals surface area contributed by atoms with Crippen molar-refractivity contribution in [3.05, 3.63) is 35.4 Å². The number of imide groups is 1. The zero-order valence-electron chi connectivity index (χ0n) is 16.4. The highest BCUT2D eigenvalue weighted by molar-refractivity contribution is 6.22. The van der Waals surface area contributed by atoms with Crippen molar-refractivity contribution in [3.8, 4) is 0 Å². The van der Waals surface area contributed by atoms with E-state index in [1.54, 1.807) is 29.2 Å². The SMILES string of the molecule is CC(C)C[C@@H](NC(=O)CN1C(=O)c2ccccc2C1=O)C(=O)N1CCCCC1. The van der Waals surface area contributed by atoms with Gasteiger partial charge in [-0.3, -0.25) is 24.1 Å². The number of fused-ring (bicyclic) bond motifs is 1. The van der Waals surface area contributed by atoms with E-state index in [0.29, 0.717) is 30.6 Å². The third kappa shape index (κ3) is 4.24. The van der Waals surface area contributed by atoms with Crippen molar-refractivity contribution >= 4 is 23.6 Å². The van der Waals surface area contributed by atoms with Crippen molar-refractivity contribution in [2.45, 2.75) is 45.6 Å². The summed E-state index contributed by atoms with van der Waals surface area (Å²) in [5.41, 5.74) is 0.617. The minimum Gasteiger partial charge on any atom is -0.343 e. The lowest BCUT2D eigenvalue weighted by Gasteiger charge is -2.31. The normalized spacial score (nSPS) is 17.7. The second-order valence-electron chi connectivity index (χ2n) is 7.88. The van der Waals surface area contributed by atoms with Crippen LogP contribution < -0.4 is 5.32 Å². The number of nitrogens with one attached hydrogen (secondary N) is 1. The Morgan fingerprint density at radius 3 is 2.11 bits per heavy atom. The average molecular weight is 385 g/mol. The summed E-state index contributed by atoms with van der Waals surface area (Å²) < 4.78 is 0. The Morgan fingerprint density at radius 1 is 1.00 bits per heavy atom. The highest BCUT2D eigenvalue weighted by Crippen LogP contribution is 2.22. The molecule has 1 atom stereocenters. The Kier molecular flexibility index (Phi) is 6.11. The van der Waals surface area contributed by atoms with Crippen LogP contribution in [0.1, 0.15) is 60.2 Å². The van der Waals surface area contributed by atoms with Gasteiger partial charge in [-0.1, -0.05) is 26.0 Å². The predicted octanol–water partition coefficient (Wildman–Crippen LogP) is 1.83. The number of rotatable bonds is 6. The van der Waals surface area contributed by atoms with Crippen molar-refractivity contribution in [1.82, 2.24) is 15.1 Å². The average Bonchev–Trinajstić information content (AvgIpc) is 2.92. The van der Waals surface area contributed by atoms with E-state index in [1.165, 1.54) is 0 Å². The molecule has 150 valence electrons. The summed E-state index contributed by atoms with van der Waals surface area (Å²) in [6, 6.07) is 5.89. The van der Waals surface area contributed by atoms with E-state index in [0.717, 1.165) is 24.2 Å². The number of nitrogens with zero attached hydrogens (tertiary/aromatic N) is 2. The van der Waals surface area contributed by atoms with E-state index < -0.39 is 23.8 Å². The first kappa shape index (κ1) is 20.0. The van der Waals surface area contributed by atoms with Crippen LogP contribution in [0.5, 0.6) is 0 Å². The van der Waals surface area contributed by atoms with Gasteiger partial charge in [-0.2, -0.15) is 0 Å². The fourth-order valence-electron chi connectivity index (χ4n) is 3.79. The molecule has 0 saturated carbocycles. The molecule has 0 aliphatic carbocycles. The van der Waals surface area contributed by atoms with E-state index >= 15 is 0 Å². The number of piperidine rings is 1. The maximum Gasteiger partial charge on any atom is 0.262 e. The van der Waals surface area contributed by atoms with Crippen LogP contribution in [-0.2, 0) is 9.59 Å². The minimum absolute atomic E-state index is 0.0795. The Labute approximate surface area is 165 Å². The summed E-state index contributed by atoms with van der Waals surface area (Å²) in [5, 5.41) is 2.76. The number of hydrogen-bond donors (Lipinski definition) is 1. The van der Waals surface area contributed by atoms with Gasteiger partial charge in [-0.25, -0.2) is 0 Å². The van der Waals surface area contributed by atoms with Gasteiger partial charge < -0.3 is 10.2 Å². The van der Waals surface area contributed by atoms with Crippen molar-refractivity contribution in [2.75, 3.05) is 19.6 Å². The van der Waals surface area contributed by atoms with Crippen LogP contribution in [-0.4, -0.2) is 59.1 Å². The van der Waals surface area contributed by atoms with Gasteiger partial charge in [0, 0.05) is 13.1 Å². The zero-order valence-corrected chi connectivity index (χ0v) is 16.4. The van der Waals surface area contributed by atoms with Crippen LogP contribution in [0, 0.1) is 5.92 Å². The Morgan fingerprint density at radius 2 is 1.57 bits per heavy atom. The van der Waals surface area contributed by atoms with E-state index in [4.69, 9.17) is 0 Å². The van der Waals surface area contributed by atoms with Crippen LogP contribution in [0.25, 0.3) is 0 Å². The molecule has 0 spiro atoms. The molecule has 2 aliphatic heterocycles. The molecule has 1 fully saturated rings. The molecule has 3 rings (SSSR count). The molecule has 0 unspecified atom stereocenters. The Balaban J connectivity index is 1.66. The second-order valence-corrected chi connectivity index (χ2v) is 7.88. The van der Waals surface area contributed by atoms with Crippen LogP contribution in [0.3, 0.4) is 0 Å². The van der Waals surface area contributed by atoms with Crippen molar-refractivity contribution in [2.24, 2.45) is 5.92 Å². The van der Waals surface area contributed by atoms with Gasteiger partial charge >= 0.3 is 0 Å². The number of carbonyl (C=O) groups excluding carboxylic acids is 4. The summed E-state index contributed by atoms with van der Waals surface area (Å²) in [6.07, 6.45) is 3.58. The molecule has 28 heavy (non-hydrogen) atoms. The molecule has 1 aromatic carbocycles. The molecule has 7 nitrogen and oxygen atoms in total. The number of amides is 4. The van der Waals surface area contributed by atoms with Gasteiger partial charge in [0.15, 0.2) is 0 Å². The summed E-state index contributed by atoms with van der Waals surface area (Å²) in [6.45, 7) is 5.03. The van der Waals surface area contributed by atoms with Crippen molar-refractivity contribution in [1.29, 1.82) is 0 Å². The molecule has 2 aliphatic rings. The highest BCUT2D eigenvalue weighted by atomic mass is 16.2. The van der Waals surface area contributed by atoms with Crippen molar-refractivity contribution < 1.29 is 19.2 Å².